The SMILES string of the molecule is COC(=O)c1ccc(C=NNc2nncc(-c3ccccc3)n2)cc1. The first-order chi connectivity index (χ1) is 12.3. The number of nitrogens with one attached hydrogen (secondary N) is 1. The number of hydrogen-bond donors (Lipinski definition) is 1. The third-order valence-corrected chi connectivity index (χ3v) is 3.34. The second-order valence-electron chi connectivity index (χ2n) is 5.01. The number of hydrogen-bond acceptors (Lipinski definition) is 7. The van der Waals surface area contributed by atoms with Crippen molar-refractivity contribution >= 4 is 18.1 Å². The molecule has 0 bridgehead atoms. The summed E-state index contributed by atoms with van der Waals surface area (Å²) in [6, 6.07) is 16.5. The van der Waals surface area contributed by atoms with Crippen molar-refractivity contribution in [2.24, 2.45) is 5.10 Å². The number of ether oxygens (including phenoxy) is 1. The van der Waals surface area contributed by atoms with Gasteiger partial charge in [0.2, 0.25) is 0 Å². The fourth-order valence-corrected chi connectivity index (χ4v) is 2.09. The highest BCUT2D eigenvalue weighted by Gasteiger charge is 2.04. The minimum Gasteiger partial charge on any atom is -0.465 e. The molecule has 0 amide bonds. The molecular formula is C18H15N5O2. The molecule has 0 unspecified atom stereocenters. The first-order valence-electron chi connectivity index (χ1n) is 7.49. The third-order valence-electron chi connectivity index (χ3n) is 3.34. The van der Waals surface area contributed by atoms with Gasteiger partial charge in [-0.2, -0.15) is 10.2 Å². The van der Waals surface area contributed by atoms with Crippen LogP contribution in [0.15, 0.2) is 65.9 Å². The molecule has 0 aliphatic rings. The molecule has 0 radical (unpaired) electrons. The molecule has 0 spiro atoms. The van der Waals surface area contributed by atoms with E-state index in [0.717, 1.165) is 11.1 Å². The fourth-order valence-electron chi connectivity index (χ4n) is 2.09. The second-order valence-corrected chi connectivity index (χ2v) is 5.01. The van der Waals surface area contributed by atoms with Gasteiger partial charge in [0, 0.05) is 5.56 Å². The number of rotatable bonds is 5. The van der Waals surface area contributed by atoms with Gasteiger partial charge in [-0.15, -0.1) is 5.10 Å². The van der Waals surface area contributed by atoms with Crippen molar-refractivity contribution in [3.05, 3.63) is 71.9 Å². The highest BCUT2D eigenvalue weighted by molar-refractivity contribution is 5.90. The Bertz CT molecular complexity index is 879. The minimum absolute atomic E-state index is 0.295. The Labute approximate surface area is 144 Å². The van der Waals surface area contributed by atoms with Crippen LogP contribution in [0.3, 0.4) is 0 Å². The number of benzene rings is 2. The summed E-state index contributed by atoms with van der Waals surface area (Å²) in [6.45, 7) is 0. The van der Waals surface area contributed by atoms with Gasteiger partial charge in [0.15, 0.2) is 0 Å². The highest BCUT2D eigenvalue weighted by atomic mass is 16.5. The molecule has 0 atom stereocenters. The van der Waals surface area contributed by atoms with Crippen LogP contribution >= 0.6 is 0 Å². The molecule has 0 saturated carbocycles. The second kappa shape index (κ2) is 7.78. The van der Waals surface area contributed by atoms with E-state index >= 15 is 0 Å². The number of anilines is 1. The van der Waals surface area contributed by atoms with Gasteiger partial charge in [-0.3, -0.25) is 0 Å². The summed E-state index contributed by atoms with van der Waals surface area (Å²) in [7, 11) is 1.35. The summed E-state index contributed by atoms with van der Waals surface area (Å²) in [5.41, 5.74) is 5.69. The molecule has 1 heterocycles. The van der Waals surface area contributed by atoms with E-state index in [1.165, 1.54) is 7.11 Å². The van der Waals surface area contributed by atoms with Gasteiger partial charge in [-0.25, -0.2) is 15.2 Å². The van der Waals surface area contributed by atoms with Crippen molar-refractivity contribution in [1.82, 2.24) is 15.2 Å². The Morgan fingerprint density at radius 3 is 2.60 bits per heavy atom. The highest BCUT2D eigenvalue weighted by Crippen LogP contribution is 2.15. The molecule has 7 heteroatoms. The zero-order valence-electron chi connectivity index (χ0n) is 13.5. The average Bonchev–Trinajstić information content (AvgIpc) is 2.69. The maximum Gasteiger partial charge on any atom is 0.337 e. The first kappa shape index (κ1) is 16.3. The van der Waals surface area contributed by atoms with Crippen LogP contribution in [0, 0.1) is 0 Å². The molecule has 7 nitrogen and oxygen atoms in total. The van der Waals surface area contributed by atoms with Crippen LogP contribution < -0.4 is 5.43 Å². The Morgan fingerprint density at radius 1 is 1.12 bits per heavy atom. The zero-order valence-corrected chi connectivity index (χ0v) is 13.5. The lowest BCUT2D eigenvalue weighted by molar-refractivity contribution is 0.0600. The van der Waals surface area contributed by atoms with Crippen molar-refractivity contribution in [2.75, 3.05) is 12.5 Å². The summed E-state index contributed by atoms with van der Waals surface area (Å²) < 4.78 is 4.65. The van der Waals surface area contributed by atoms with Crippen molar-refractivity contribution < 1.29 is 9.53 Å². The van der Waals surface area contributed by atoms with E-state index in [9.17, 15) is 4.79 Å². The topological polar surface area (TPSA) is 89.4 Å². The van der Waals surface area contributed by atoms with Gasteiger partial charge >= 0.3 is 5.97 Å². The van der Waals surface area contributed by atoms with E-state index < -0.39 is 0 Å². The molecule has 0 saturated heterocycles. The summed E-state index contributed by atoms with van der Waals surface area (Å²) >= 11 is 0. The number of aromatic nitrogens is 3. The van der Waals surface area contributed by atoms with E-state index in [1.807, 2.05) is 30.3 Å². The predicted octanol–water partition coefficient (Wildman–Crippen LogP) is 2.77. The Kier molecular flexibility index (Phi) is 5.06. The van der Waals surface area contributed by atoms with Crippen LogP contribution in [0.5, 0.6) is 0 Å². The fraction of sp³-hybridized carbons (Fsp3) is 0.0556. The molecule has 0 aliphatic carbocycles. The van der Waals surface area contributed by atoms with Gasteiger partial charge in [0.1, 0.15) is 0 Å². The van der Waals surface area contributed by atoms with Gasteiger partial charge in [0.25, 0.3) is 5.95 Å². The number of carbonyl (C=O) groups excluding carboxylic acids is 1. The molecule has 0 aliphatic heterocycles. The molecule has 124 valence electrons. The van der Waals surface area contributed by atoms with E-state index in [4.69, 9.17) is 0 Å². The van der Waals surface area contributed by atoms with Crippen LogP contribution in [-0.2, 0) is 4.74 Å². The average molecular weight is 333 g/mol. The van der Waals surface area contributed by atoms with E-state index in [2.05, 4.69) is 30.4 Å². The maximum atomic E-state index is 11.4. The number of hydrazone groups is 1. The normalized spacial score (nSPS) is 10.6. The molecule has 3 rings (SSSR count). The maximum absolute atomic E-state index is 11.4. The molecule has 25 heavy (non-hydrogen) atoms. The van der Waals surface area contributed by atoms with Crippen LogP contribution in [0.25, 0.3) is 11.3 Å². The number of methoxy groups -OCH3 is 1. The largest absolute Gasteiger partial charge is 0.465 e. The van der Waals surface area contributed by atoms with Gasteiger partial charge < -0.3 is 4.74 Å². The van der Waals surface area contributed by atoms with Crippen molar-refractivity contribution in [3.8, 4) is 11.3 Å². The molecule has 2 aromatic carbocycles. The smallest absolute Gasteiger partial charge is 0.337 e. The molecule has 3 aromatic rings. The Hall–Kier alpha value is -3.61. The summed E-state index contributed by atoms with van der Waals surface area (Å²) in [5.74, 6) is -0.0809. The quantitative estimate of drug-likeness (QED) is 0.439. The number of carbonyl (C=O) groups is 1. The van der Waals surface area contributed by atoms with Gasteiger partial charge in [0.05, 0.1) is 30.8 Å². The minimum atomic E-state index is -0.376. The molecule has 1 aromatic heterocycles. The van der Waals surface area contributed by atoms with Crippen molar-refractivity contribution in [3.63, 3.8) is 0 Å². The van der Waals surface area contributed by atoms with Gasteiger partial charge in [-0.1, -0.05) is 42.5 Å². The predicted molar refractivity (Wildman–Crippen MR) is 94.3 cm³/mol. The summed E-state index contributed by atoms with van der Waals surface area (Å²) in [6.07, 6.45) is 3.19. The zero-order chi connectivity index (χ0) is 17.5. The lowest BCUT2D eigenvalue weighted by Crippen LogP contribution is -2.01. The summed E-state index contributed by atoms with van der Waals surface area (Å²) in [5, 5.41) is 11.9. The van der Waals surface area contributed by atoms with E-state index in [1.54, 1.807) is 36.7 Å². The number of esters is 1. The lowest BCUT2D eigenvalue weighted by Gasteiger charge is -2.02. The van der Waals surface area contributed by atoms with E-state index in [0.29, 0.717) is 17.2 Å². The monoisotopic (exact) mass is 333 g/mol. The van der Waals surface area contributed by atoms with Crippen LogP contribution in [0.1, 0.15) is 15.9 Å². The Balaban J connectivity index is 1.67. The summed E-state index contributed by atoms with van der Waals surface area (Å²) in [4.78, 5) is 15.7. The molecular weight excluding hydrogens is 318 g/mol. The number of nitrogens with zero attached hydrogens (tertiary/aromatic N) is 4. The van der Waals surface area contributed by atoms with Crippen molar-refractivity contribution in [1.29, 1.82) is 0 Å². The van der Waals surface area contributed by atoms with E-state index in [-0.39, 0.29) is 5.97 Å². The van der Waals surface area contributed by atoms with Crippen LogP contribution in [-0.4, -0.2) is 34.5 Å². The van der Waals surface area contributed by atoms with Crippen LogP contribution in [0.2, 0.25) is 0 Å². The molecule has 1 N–H and O–H groups in total. The van der Waals surface area contributed by atoms with Crippen LogP contribution in [0.4, 0.5) is 5.95 Å². The standard InChI is InChI=1S/C18H15N5O2/c1-25-17(24)15-9-7-13(8-10-15)11-19-22-18-21-16(12-20-23-18)14-5-3-2-4-6-14/h2-12H,1H3,(H,21,22,23). The molecule has 0 fully saturated rings. The first-order valence-corrected chi connectivity index (χ1v) is 7.49. The third kappa shape index (κ3) is 4.23. The Morgan fingerprint density at radius 2 is 1.88 bits per heavy atom. The van der Waals surface area contributed by atoms with Crippen molar-refractivity contribution in [2.45, 2.75) is 0 Å². The lowest BCUT2D eigenvalue weighted by atomic mass is 10.1. The van der Waals surface area contributed by atoms with Gasteiger partial charge in [-0.05, 0) is 17.7 Å².